The summed E-state index contributed by atoms with van der Waals surface area (Å²) in [6.45, 7) is 9.13. The van der Waals surface area contributed by atoms with Crippen LogP contribution in [0.4, 0.5) is 5.69 Å². The van der Waals surface area contributed by atoms with Gasteiger partial charge >= 0.3 is 0 Å². The Morgan fingerprint density at radius 2 is 1.71 bits per heavy atom. The molecule has 0 aromatic heterocycles. The van der Waals surface area contributed by atoms with Crippen molar-refractivity contribution in [2.24, 2.45) is 5.92 Å². The van der Waals surface area contributed by atoms with E-state index in [1.165, 1.54) is 30.5 Å². The van der Waals surface area contributed by atoms with Crippen molar-refractivity contribution in [1.82, 2.24) is 0 Å². The summed E-state index contributed by atoms with van der Waals surface area (Å²) in [5.74, 6) is 0.890. The minimum absolute atomic E-state index is 0.250. The second-order valence-electron chi connectivity index (χ2n) is 6.59. The third-order valence-corrected chi connectivity index (χ3v) is 3.82. The number of benzene rings is 1. The average molecular weight is 231 g/mol. The summed E-state index contributed by atoms with van der Waals surface area (Å²) < 4.78 is 0. The van der Waals surface area contributed by atoms with Crippen molar-refractivity contribution in [3.63, 3.8) is 0 Å². The van der Waals surface area contributed by atoms with Crippen molar-refractivity contribution in [2.45, 2.75) is 58.4 Å². The number of rotatable bonds is 2. The van der Waals surface area contributed by atoms with Crippen LogP contribution >= 0.6 is 0 Å². The van der Waals surface area contributed by atoms with Crippen LogP contribution in [-0.2, 0) is 5.41 Å². The van der Waals surface area contributed by atoms with Crippen molar-refractivity contribution >= 4 is 5.69 Å². The Balaban J connectivity index is 1.99. The molecule has 1 aromatic rings. The lowest BCUT2D eigenvalue weighted by Gasteiger charge is -2.20. The fourth-order valence-corrected chi connectivity index (χ4v) is 2.64. The quantitative estimate of drug-likeness (QED) is 0.785. The molecule has 2 rings (SSSR count). The molecule has 1 saturated carbocycles. The highest BCUT2D eigenvalue weighted by molar-refractivity contribution is 5.46. The normalized spacial score (nSPS) is 24.9. The van der Waals surface area contributed by atoms with E-state index in [9.17, 15) is 0 Å². The molecule has 1 aromatic carbocycles. The van der Waals surface area contributed by atoms with Gasteiger partial charge in [0.05, 0.1) is 0 Å². The van der Waals surface area contributed by atoms with Gasteiger partial charge in [-0.15, -0.1) is 0 Å². The van der Waals surface area contributed by atoms with Crippen LogP contribution in [-0.4, -0.2) is 6.04 Å². The molecular weight excluding hydrogens is 206 g/mol. The number of hydrogen-bond acceptors (Lipinski definition) is 1. The zero-order valence-electron chi connectivity index (χ0n) is 11.6. The number of anilines is 1. The topological polar surface area (TPSA) is 12.0 Å². The monoisotopic (exact) mass is 231 g/mol. The Hall–Kier alpha value is -0.980. The van der Waals surface area contributed by atoms with Crippen LogP contribution in [0.25, 0.3) is 0 Å². The number of hydrogen-bond donors (Lipinski definition) is 1. The third-order valence-electron chi connectivity index (χ3n) is 3.82. The molecule has 2 unspecified atom stereocenters. The lowest BCUT2D eigenvalue weighted by molar-refractivity contribution is 0.590. The van der Waals surface area contributed by atoms with Crippen molar-refractivity contribution in [3.8, 4) is 0 Å². The van der Waals surface area contributed by atoms with Gasteiger partial charge in [-0.3, -0.25) is 0 Å². The van der Waals surface area contributed by atoms with Gasteiger partial charge in [-0.25, -0.2) is 0 Å². The van der Waals surface area contributed by atoms with Crippen LogP contribution in [0.3, 0.4) is 0 Å². The summed E-state index contributed by atoms with van der Waals surface area (Å²) in [5.41, 5.74) is 2.93. The van der Waals surface area contributed by atoms with Gasteiger partial charge in [0.2, 0.25) is 0 Å². The number of nitrogens with one attached hydrogen (secondary N) is 1. The first-order valence-corrected chi connectivity index (χ1v) is 6.82. The van der Waals surface area contributed by atoms with Crippen molar-refractivity contribution < 1.29 is 0 Å². The minimum atomic E-state index is 0.250. The first kappa shape index (κ1) is 12.5. The van der Waals surface area contributed by atoms with Crippen LogP contribution < -0.4 is 5.32 Å². The molecule has 1 fully saturated rings. The van der Waals surface area contributed by atoms with E-state index in [1.54, 1.807) is 0 Å². The van der Waals surface area contributed by atoms with Crippen LogP contribution in [0.5, 0.6) is 0 Å². The summed E-state index contributed by atoms with van der Waals surface area (Å²) in [6.07, 6.45) is 4.01. The van der Waals surface area contributed by atoms with Gasteiger partial charge in [-0.05, 0) is 48.3 Å². The Bertz CT molecular complexity index is 358. The standard InChI is InChI=1S/C16H25N/c1-12-5-8-15(11-12)17-14-9-6-13(7-10-14)16(2,3)4/h6-7,9-10,12,15,17H,5,8,11H2,1-4H3. The summed E-state index contributed by atoms with van der Waals surface area (Å²) >= 11 is 0. The van der Waals surface area contributed by atoms with E-state index in [0.29, 0.717) is 6.04 Å². The van der Waals surface area contributed by atoms with E-state index in [4.69, 9.17) is 0 Å². The van der Waals surface area contributed by atoms with Crippen LogP contribution in [0, 0.1) is 5.92 Å². The molecule has 0 amide bonds. The zero-order chi connectivity index (χ0) is 12.5. The highest BCUT2D eigenvalue weighted by Crippen LogP contribution is 2.28. The molecule has 94 valence electrons. The maximum Gasteiger partial charge on any atom is 0.0342 e. The fourth-order valence-electron chi connectivity index (χ4n) is 2.64. The highest BCUT2D eigenvalue weighted by Gasteiger charge is 2.21. The van der Waals surface area contributed by atoms with E-state index in [-0.39, 0.29) is 5.41 Å². The molecule has 0 spiro atoms. The van der Waals surface area contributed by atoms with Gasteiger partial charge < -0.3 is 5.32 Å². The minimum Gasteiger partial charge on any atom is -0.382 e. The predicted molar refractivity (Wildman–Crippen MR) is 75.6 cm³/mol. The molecule has 0 bridgehead atoms. The zero-order valence-corrected chi connectivity index (χ0v) is 11.6. The summed E-state index contributed by atoms with van der Waals surface area (Å²) in [7, 11) is 0. The van der Waals surface area contributed by atoms with Gasteiger partial charge in [-0.2, -0.15) is 0 Å². The molecule has 2 atom stereocenters. The largest absolute Gasteiger partial charge is 0.382 e. The molecule has 1 aliphatic rings. The Morgan fingerprint density at radius 3 is 2.18 bits per heavy atom. The first-order chi connectivity index (χ1) is 7.95. The highest BCUT2D eigenvalue weighted by atomic mass is 14.9. The molecule has 1 aliphatic carbocycles. The smallest absolute Gasteiger partial charge is 0.0342 e. The van der Waals surface area contributed by atoms with E-state index in [1.807, 2.05) is 0 Å². The van der Waals surface area contributed by atoms with Crippen molar-refractivity contribution in [2.75, 3.05) is 5.32 Å². The van der Waals surface area contributed by atoms with Crippen molar-refractivity contribution in [1.29, 1.82) is 0 Å². The van der Waals surface area contributed by atoms with Crippen molar-refractivity contribution in [3.05, 3.63) is 29.8 Å². The van der Waals surface area contributed by atoms with Gasteiger partial charge in [-0.1, -0.05) is 39.8 Å². The Morgan fingerprint density at radius 1 is 1.06 bits per heavy atom. The fraction of sp³-hybridized carbons (Fsp3) is 0.625. The third kappa shape index (κ3) is 3.24. The van der Waals surface area contributed by atoms with Crippen LogP contribution in [0.1, 0.15) is 52.5 Å². The van der Waals surface area contributed by atoms with Gasteiger partial charge in [0, 0.05) is 11.7 Å². The second kappa shape index (κ2) is 4.72. The molecule has 0 aliphatic heterocycles. The summed E-state index contributed by atoms with van der Waals surface area (Å²) in [6, 6.07) is 9.64. The molecule has 17 heavy (non-hydrogen) atoms. The first-order valence-electron chi connectivity index (χ1n) is 6.82. The van der Waals surface area contributed by atoms with Gasteiger partial charge in [0.15, 0.2) is 0 Å². The summed E-state index contributed by atoms with van der Waals surface area (Å²) in [5, 5.41) is 3.65. The molecule has 1 N–H and O–H groups in total. The molecule has 0 saturated heterocycles. The van der Waals surface area contributed by atoms with Gasteiger partial charge in [0.1, 0.15) is 0 Å². The molecule has 1 nitrogen and oxygen atoms in total. The molecule has 1 heteroatoms. The lowest BCUT2D eigenvalue weighted by atomic mass is 9.87. The molecule has 0 heterocycles. The SMILES string of the molecule is CC1CCC(Nc2ccc(C(C)(C)C)cc2)C1. The molecule has 0 radical (unpaired) electrons. The average Bonchev–Trinajstić information content (AvgIpc) is 2.63. The maximum absolute atomic E-state index is 3.65. The van der Waals surface area contributed by atoms with E-state index in [0.717, 1.165) is 5.92 Å². The second-order valence-corrected chi connectivity index (χ2v) is 6.59. The van der Waals surface area contributed by atoms with Crippen LogP contribution in [0.2, 0.25) is 0 Å². The lowest BCUT2D eigenvalue weighted by Crippen LogP contribution is -2.16. The van der Waals surface area contributed by atoms with Gasteiger partial charge in [0.25, 0.3) is 0 Å². The van der Waals surface area contributed by atoms with E-state index >= 15 is 0 Å². The molecular formula is C16H25N. The van der Waals surface area contributed by atoms with E-state index < -0.39 is 0 Å². The Kier molecular flexibility index (Phi) is 3.46. The van der Waals surface area contributed by atoms with Crippen LogP contribution in [0.15, 0.2) is 24.3 Å². The van der Waals surface area contributed by atoms with E-state index in [2.05, 4.69) is 57.3 Å². The predicted octanol–water partition coefficient (Wildman–Crippen LogP) is 4.58. The maximum atomic E-state index is 3.65. The Labute approximate surface area is 106 Å². The summed E-state index contributed by atoms with van der Waals surface area (Å²) in [4.78, 5) is 0.